The molecule has 1 saturated carbocycles. The molecule has 0 amide bonds. The summed E-state index contributed by atoms with van der Waals surface area (Å²) in [5.41, 5.74) is 0.561. The Kier molecular flexibility index (Phi) is 5.42. The lowest BCUT2D eigenvalue weighted by Crippen LogP contribution is -2.23. The van der Waals surface area contributed by atoms with Crippen molar-refractivity contribution >= 4 is 27.3 Å². The molecule has 0 saturated heterocycles. The fourth-order valence-corrected chi connectivity index (χ4v) is 4.98. The van der Waals surface area contributed by atoms with E-state index in [4.69, 9.17) is 16.0 Å². The van der Waals surface area contributed by atoms with Crippen molar-refractivity contribution in [3.05, 3.63) is 59.6 Å². The summed E-state index contributed by atoms with van der Waals surface area (Å²) in [5.74, 6) is 0.379. The van der Waals surface area contributed by atoms with Crippen molar-refractivity contribution in [3.8, 4) is 11.5 Å². The maximum Gasteiger partial charge on any atom is 0.234 e. The predicted molar refractivity (Wildman–Crippen MR) is 109 cm³/mol. The fourth-order valence-electron chi connectivity index (χ4n) is 3.47. The van der Waals surface area contributed by atoms with Crippen molar-refractivity contribution in [2.45, 2.75) is 48.1 Å². The Balaban J connectivity index is 1.80. The van der Waals surface area contributed by atoms with Crippen LogP contribution in [0, 0.1) is 0 Å². The Bertz CT molecular complexity index is 1060. The van der Waals surface area contributed by atoms with Crippen LogP contribution in [0.4, 0.5) is 5.88 Å². The number of oxazole rings is 1. The van der Waals surface area contributed by atoms with Crippen LogP contribution in [-0.4, -0.2) is 19.4 Å². The lowest BCUT2D eigenvalue weighted by Gasteiger charge is -2.22. The molecule has 1 aromatic heterocycles. The number of halogens is 1. The number of benzene rings is 2. The third-order valence-electron chi connectivity index (χ3n) is 4.95. The SMILES string of the molecule is O=S(=O)(c1ccccc1)c1nc(-c2ccccc2Cl)oc1NC1CCCCC1. The molecule has 0 radical (unpaired) electrons. The minimum Gasteiger partial charge on any atom is -0.419 e. The molecule has 4 rings (SSSR count). The number of hydrogen-bond donors (Lipinski definition) is 1. The second kappa shape index (κ2) is 7.97. The van der Waals surface area contributed by atoms with Crippen molar-refractivity contribution in [2.24, 2.45) is 0 Å². The average Bonchev–Trinajstić information content (AvgIpc) is 3.14. The first kappa shape index (κ1) is 19.0. The summed E-state index contributed by atoms with van der Waals surface area (Å²) in [6.45, 7) is 0. The summed E-state index contributed by atoms with van der Waals surface area (Å²) in [4.78, 5) is 4.53. The van der Waals surface area contributed by atoms with E-state index in [-0.39, 0.29) is 27.7 Å². The van der Waals surface area contributed by atoms with Gasteiger partial charge in [-0.25, -0.2) is 8.42 Å². The van der Waals surface area contributed by atoms with Gasteiger partial charge in [0, 0.05) is 6.04 Å². The number of sulfone groups is 1. The molecule has 146 valence electrons. The number of nitrogens with one attached hydrogen (secondary N) is 1. The van der Waals surface area contributed by atoms with Gasteiger partial charge in [0.15, 0.2) is 0 Å². The van der Waals surface area contributed by atoms with Crippen LogP contribution in [0.3, 0.4) is 0 Å². The zero-order valence-corrected chi connectivity index (χ0v) is 16.8. The number of hydrogen-bond acceptors (Lipinski definition) is 5. The van der Waals surface area contributed by atoms with Gasteiger partial charge in [-0.2, -0.15) is 4.98 Å². The second-order valence-electron chi connectivity index (χ2n) is 6.93. The maximum absolute atomic E-state index is 13.2. The first-order valence-corrected chi connectivity index (χ1v) is 11.2. The molecule has 7 heteroatoms. The molecule has 5 nitrogen and oxygen atoms in total. The highest BCUT2D eigenvalue weighted by Crippen LogP contribution is 2.36. The van der Waals surface area contributed by atoms with Gasteiger partial charge in [0.1, 0.15) is 0 Å². The number of nitrogens with zero attached hydrogens (tertiary/aromatic N) is 1. The molecular weight excluding hydrogens is 396 g/mol. The first-order valence-electron chi connectivity index (χ1n) is 9.38. The van der Waals surface area contributed by atoms with Gasteiger partial charge in [-0.3, -0.25) is 0 Å². The van der Waals surface area contributed by atoms with Crippen LogP contribution in [-0.2, 0) is 9.84 Å². The van der Waals surface area contributed by atoms with Gasteiger partial charge in [-0.15, -0.1) is 0 Å². The molecule has 28 heavy (non-hydrogen) atoms. The Hall–Kier alpha value is -2.31. The van der Waals surface area contributed by atoms with E-state index in [1.54, 1.807) is 48.5 Å². The standard InChI is InChI=1S/C21H21ClN2O3S/c22-18-14-8-7-13-17(18)19-24-21(28(25,26)16-11-5-2-6-12-16)20(27-19)23-15-9-3-1-4-10-15/h2,5-8,11-15,23H,1,3-4,9-10H2. The van der Waals surface area contributed by atoms with Crippen LogP contribution in [0.1, 0.15) is 32.1 Å². The Labute approximate surface area is 169 Å². The maximum atomic E-state index is 13.2. The zero-order valence-electron chi connectivity index (χ0n) is 15.3. The summed E-state index contributed by atoms with van der Waals surface area (Å²) >= 11 is 6.27. The van der Waals surface area contributed by atoms with Gasteiger partial charge >= 0.3 is 0 Å². The van der Waals surface area contributed by atoms with Gasteiger partial charge in [-0.05, 0) is 37.1 Å². The van der Waals surface area contributed by atoms with E-state index in [0.29, 0.717) is 10.6 Å². The number of aromatic nitrogens is 1. The first-order chi connectivity index (χ1) is 13.6. The van der Waals surface area contributed by atoms with Crippen molar-refractivity contribution in [1.29, 1.82) is 0 Å². The monoisotopic (exact) mass is 416 g/mol. The molecule has 1 aliphatic rings. The summed E-state index contributed by atoms with van der Waals surface area (Å²) in [7, 11) is -3.83. The zero-order chi connectivity index (χ0) is 19.6. The Morgan fingerprint density at radius 1 is 0.964 bits per heavy atom. The molecule has 3 aromatic rings. The molecule has 0 aliphatic heterocycles. The molecule has 1 fully saturated rings. The van der Waals surface area contributed by atoms with E-state index in [1.807, 2.05) is 6.07 Å². The van der Waals surface area contributed by atoms with E-state index in [1.165, 1.54) is 6.42 Å². The van der Waals surface area contributed by atoms with Crippen LogP contribution in [0.2, 0.25) is 5.02 Å². The van der Waals surface area contributed by atoms with Crippen molar-refractivity contribution < 1.29 is 12.8 Å². The summed E-state index contributed by atoms with van der Waals surface area (Å²) in [6, 6.07) is 15.5. The second-order valence-corrected chi connectivity index (χ2v) is 9.20. The molecule has 1 N–H and O–H groups in total. The number of anilines is 1. The third kappa shape index (κ3) is 3.80. The van der Waals surface area contributed by atoms with E-state index in [0.717, 1.165) is 25.7 Å². The van der Waals surface area contributed by atoms with Gasteiger partial charge in [0.25, 0.3) is 0 Å². The van der Waals surface area contributed by atoms with Crippen LogP contribution in [0.5, 0.6) is 0 Å². The normalized spacial score (nSPS) is 15.5. The average molecular weight is 417 g/mol. The summed E-state index contributed by atoms with van der Waals surface area (Å²) in [6.07, 6.45) is 5.39. The largest absolute Gasteiger partial charge is 0.419 e. The van der Waals surface area contributed by atoms with E-state index in [2.05, 4.69) is 10.3 Å². The minimum absolute atomic E-state index is 0.0980. The van der Waals surface area contributed by atoms with E-state index >= 15 is 0 Å². The quantitative estimate of drug-likeness (QED) is 0.588. The summed E-state index contributed by atoms with van der Waals surface area (Å²) < 4.78 is 32.4. The molecule has 0 unspecified atom stereocenters. The van der Waals surface area contributed by atoms with Gasteiger partial charge < -0.3 is 9.73 Å². The van der Waals surface area contributed by atoms with Crippen LogP contribution >= 0.6 is 11.6 Å². The Morgan fingerprint density at radius 3 is 2.36 bits per heavy atom. The highest BCUT2D eigenvalue weighted by Gasteiger charge is 2.30. The smallest absolute Gasteiger partial charge is 0.234 e. The van der Waals surface area contributed by atoms with Gasteiger partial charge in [0.05, 0.1) is 15.5 Å². The van der Waals surface area contributed by atoms with E-state index in [9.17, 15) is 8.42 Å². The van der Waals surface area contributed by atoms with Crippen LogP contribution < -0.4 is 5.32 Å². The summed E-state index contributed by atoms with van der Waals surface area (Å²) in [5, 5.41) is 3.64. The molecule has 0 bridgehead atoms. The van der Waals surface area contributed by atoms with Crippen LogP contribution in [0.25, 0.3) is 11.5 Å². The van der Waals surface area contributed by atoms with Gasteiger partial charge in [-0.1, -0.05) is 61.2 Å². The highest BCUT2D eigenvalue weighted by atomic mass is 35.5. The Morgan fingerprint density at radius 2 is 1.64 bits per heavy atom. The fraction of sp³-hybridized carbons (Fsp3) is 0.286. The topological polar surface area (TPSA) is 72.2 Å². The molecule has 1 heterocycles. The molecule has 2 aromatic carbocycles. The minimum atomic E-state index is -3.83. The molecular formula is C21H21ClN2O3S. The van der Waals surface area contributed by atoms with Crippen molar-refractivity contribution in [3.63, 3.8) is 0 Å². The molecule has 0 atom stereocenters. The third-order valence-corrected chi connectivity index (χ3v) is 6.96. The van der Waals surface area contributed by atoms with Crippen molar-refractivity contribution in [2.75, 3.05) is 5.32 Å². The lowest BCUT2D eigenvalue weighted by atomic mass is 9.96. The van der Waals surface area contributed by atoms with Crippen molar-refractivity contribution in [1.82, 2.24) is 4.98 Å². The molecule has 0 spiro atoms. The lowest BCUT2D eigenvalue weighted by molar-refractivity contribution is 0.450. The van der Waals surface area contributed by atoms with E-state index < -0.39 is 9.84 Å². The molecule has 1 aliphatic carbocycles. The van der Waals surface area contributed by atoms with Crippen LogP contribution in [0.15, 0.2) is 68.9 Å². The number of rotatable bonds is 5. The predicted octanol–water partition coefficient (Wildman–Crippen LogP) is 5.57. The van der Waals surface area contributed by atoms with Gasteiger partial charge in [0.2, 0.25) is 26.6 Å². The highest BCUT2D eigenvalue weighted by molar-refractivity contribution is 7.91.